The van der Waals surface area contributed by atoms with Gasteiger partial charge in [0.25, 0.3) is 10.0 Å². The second-order valence-corrected chi connectivity index (χ2v) is 7.14. The van der Waals surface area contributed by atoms with Crippen molar-refractivity contribution in [2.75, 3.05) is 19.6 Å². The van der Waals surface area contributed by atoms with E-state index in [0.717, 1.165) is 32.4 Å². The van der Waals surface area contributed by atoms with Gasteiger partial charge in [0.2, 0.25) is 5.03 Å². The molecule has 1 saturated heterocycles. The molecule has 0 amide bonds. The van der Waals surface area contributed by atoms with Gasteiger partial charge in [-0.25, -0.2) is 17.8 Å². The van der Waals surface area contributed by atoms with Crippen molar-refractivity contribution in [2.45, 2.75) is 24.3 Å². The van der Waals surface area contributed by atoms with Crippen LogP contribution >= 0.6 is 15.9 Å². The van der Waals surface area contributed by atoms with E-state index in [-0.39, 0.29) is 9.63 Å². The van der Waals surface area contributed by atoms with E-state index in [1.54, 1.807) is 7.05 Å². The summed E-state index contributed by atoms with van der Waals surface area (Å²) in [4.78, 5) is 0. The van der Waals surface area contributed by atoms with Crippen molar-refractivity contribution in [3.63, 3.8) is 0 Å². The molecule has 1 fully saturated rings. The van der Waals surface area contributed by atoms with Gasteiger partial charge >= 0.3 is 0 Å². The molecule has 2 N–H and O–H groups in total. The van der Waals surface area contributed by atoms with Gasteiger partial charge in [-0.1, -0.05) is 5.21 Å². The summed E-state index contributed by atoms with van der Waals surface area (Å²) in [6.07, 6.45) is 3.16. The van der Waals surface area contributed by atoms with Gasteiger partial charge in [-0.2, -0.15) is 0 Å². The second-order valence-electron chi connectivity index (χ2n) is 4.71. The van der Waals surface area contributed by atoms with Crippen LogP contribution in [-0.2, 0) is 17.1 Å². The summed E-state index contributed by atoms with van der Waals surface area (Å²) in [5.74, 6) is 0.546. The van der Waals surface area contributed by atoms with E-state index in [0.29, 0.717) is 12.5 Å². The van der Waals surface area contributed by atoms with Gasteiger partial charge in [-0.15, -0.1) is 5.10 Å². The standard InChI is InChI=1S/C10H18BrN5O2S/c1-16-10(9(11)14-15-16)19(17,18)13-6-4-8-3-2-5-12-7-8/h8,12-13H,2-7H2,1H3. The molecule has 1 atom stereocenters. The van der Waals surface area contributed by atoms with E-state index in [2.05, 4.69) is 36.3 Å². The summed E-state index contributed by atoms with van der Waals surface area (Å²) in [5.41, 5.74) is 0. The number of piperidine rings is 1. The summed E-state index contributed by atoms with van der Waals surface area (Å²) in [6, 6.07) is 0. The molecule has 0 spiro atoms. The highest BCUT2D eigenvalue weighted by molar-refractivity contribution is 9.10. The minimum Gasteiger partial charge on any atom is -0.316 e. The summed E-state index contributed by atoms with van der Waals surface area (Å²) in [5, 5.41) is 10.7. The predicted molar refractivity (Wildman–Crippen MR) is 74.1 cm³/mol. The average molecular weight is 352 g/mol. The van der Waals surface area contributed by atoms with Crippen LogP contribution in [0.15, 0.2) is 9.63 Å². The molecule has 0 aliphatic carbocycles. The Labute approximate surface area is 121 Å². The van der Waals surface area contributed by atoms with Crippen molar-refractivity contribution >= 4 is 26.0 Å². The zero-order valence-electron chi connectivity index (χ0n) is 10.8. The minimum atomic E-state index is -3.56. The Hall–Kier alpha value is -0.510. The summed E-state index contributed by atoms with van der Waals surface area (Å²) in [7, 11) is -2.01. The van der Waals surface area contributed by atoms with E-state index in [9.17, 15) is 8.42 Å². The number of hydrogen-bond acceptors (Lipinski definition) is 5. The summed E-state index contributed by atoms with van der Waals surface area (Å²) < 4.78 is 28.3. The number of aromatic nitrogens is 3. The molecule has 9 heteroatoms. The van der Waals surface area contributed by atoms with E-state index >= 15 is 0 Å². The third kappa shape index (κ3) is 3.74. The fourth-order valence-corrected chi connectivity index (χ4v) is 4.38. The highest BCUT2D eigenvalue weighted by atomic mass is 79.9. The highest BCUT2D eigenvalue weighted by Gasteiger charge is 2.24. The molecule has 19 heavy (non-hydrogen) atoms. The molecule has 2 rings (SSSR count). The van der Waals surface area contributed by atoms with Crippen molar-refractivity contribution in [3.8, 4) is 0 Å². The lowest BCUT2D eigenvalue weighted by atomic mass is 9.96. The van der Waals surface area contributed by atoms with Crippen LogP contribution in [0.25, 0.3) is 0 Å². The SMILES string of the molecule is Cn1nnc(Br)c1S(=O)(=O)NCCC1CCCNC1. The average Bonchev–Trinajstić information content (AvgIpc) is 2.70. The number of halogens is 1. The number of hydrogen-bond donors (Lipinski definition) is 2. The number of nitrogens with one attached hydrogen (secondary N) is 2. The molecule has 0 aromatic carbocycles. The topological polar surface area (TPSA) is 88.9 Å². The zero-order chi connectivity index (χ0) is 13.9. The van der Waals surface area contributed by atoms with Crippen molar-refractivity contribution in [3.05, 3.63) is 4.60 Å². The second kappa shape index (κ2) is 6.29. The van der Waals surface area contributed by atoms with Crippen LogP contribution in [0.4, 0.5) is 0 Å². The fourth-order valence-electron chi connectivity index (χ4n) is 2.24. The van der Waals surface area contributed by atoms with Crippen LogP contribution in [0.3, 0.4) is 0 Å². The Kier molecular flexibility index (Phi) is 4.93. The van der Waals surface area contributed by atoms with E-state index < -0.39 is 10.0 Å². The van der Waals surface area contributed by atoms with Crippen molar-refractivity contribution in [2.24, 2.45) is 13.0 Å². The molecule has 108 valence electrons. The molecule has 0 saturated carbocycles. The maximum atomic E-state index is 12.1. The molecule has 1 aromatic rings. The third-order valence-corrected chi connectivity index (χ3v) is 5.58. The number of rotatable bonds is 5. The Morgan fingerprint density at radius 2 is 2.37 bits per heavy atom. The molecule has 1 unspecified atom stereocenters. The first kappa shape index (κ1) is 14.9. The molecule has 0 radical (unpaired) electrons. The van der Waals surface area contributed by atoms with Gasteiger partial charge in [0.15, 0.2) is 4.60 Å². The fraction of sp³-hybridized carbons (Fsp3) is 0.800. The molecule has 7 nitrogen and oxygen atoms in total. The Balaban J connectivity index is 1.91. The Morgan fingerprint density at radius 1 is 1.58 bits per heavy atom. The molecule has 1 aromatic heterocycles. The van der Waals surface area contributed by atoms with Gasteiger partial charge in [0, 0.05) is 13.6 Å². The first-order valence-electron chi connectivity index (χ1n) is 6.26. The largest absolute Gasteiger partial charge is 0.316 e. The summed E-state index contributed by atoms with van der Waals surface area (Å²) in [6.45, 7) is 2.47. The van der Waals surface area contributed by atoms with Gasteiger partial charge < -0.3 is 5.32 Å². The maximum absolute atomic E-state index is 12.1. The molecular weight excluding hydrogens is 334 g/mol. The van der Waals surface area contributed by atoms with Gasteiger partial charge in [0.1, 0.15) is 0 Å². The first-order chi connectivity index (χ1) is 9.00. The lowest BCUT2D eigenvalue weighted by molar-refractivity contribution is 0.358. The lowest BCUT2D eigenvalue weighted by Gasteiger charge is -2.22. The van der Waals surface area contributed by atoms with Crippen LogP contribution in [0.5, 0.6) is 0 Å². The zero-order valence-corrected chi connectivity index (χ0v) is 13.2. The minimum absolute atomic E-state index is 0.0641. The lowest BCUT2D eigenvalue weighted by Crippen LogP contribution is -2.33. The monoisotopic (exact) mass is 351 g/mol. The van der Waals surface area contributed by atoms with Crippen LogP contribution in [0.2, 0.25) is 0 Å². The molecule has 2 heterocycles. The van der Waals surface area contributed by atoms with Crippen LogP contribution in [0.1, 0.15) is 19.3 Å². The van der Waals surface area contributed by atoms with Crippen molar-refractivity contribution < 1.29 is 8.42 Å². The molecule has 1 aliphatic rings. The highest BCUT2D eigenvalue weighted by Crippen LogP contribution is 2.18. The molecule has 1 aliphatic heterocycles. The van der Waals surface area contributed by atoms with Crippen LogP contribution in [-0.4, -0.2) is 43.0 Å². The first-order valence-corrected chi connectivity index (χ1v) is 8.54. The number of sulfonamides is 1. The van der Waals surface area contributed by atoms with Crippen molar-refractivity contribution in [1.82, 2.24) is 25.0 Å². The van der Waals surface area contributed by atoms with Gasteiger partial charge in [0.05, 0.1) is 0 Å². The Bertz CT molecular complexity index is 505. The number of aryl methyl sites for hydroxylation is 1. The van der Waals surface area contributed by atoms with E-state index in [1.165, 1.54) is 4.68 Å². The van der Waals surface area contributed by atoms with Crippen LogP contribution < -0.4 is 10.0 Å². The molecule has 0 bridgehead atoms. The smallest absolute Gasteiger partial charge is 0.260 e. The third-order valence-electron chi connectivity index (χ3n) is 3.24. The quantitative estimate of drug-likeness (QED) is 0.793. The Morgan fingerprint density at radius 3 is 2.95 bits per heavy atom. The summed E-state index contributed by atoms with van der Waals surface area (Å²) >= 11 is 3.10. The number of nitrogens with zero attached hydrogens (tertiary/aromatic N) is 3. The van der Waals surface area contributed by atoms with E-state index in [1.807, 2.05) is 0 Å². The van der Waals surface area contributed by atoms with E-state index in [4.69, 9.17) is 0 Å². The van der Waals surface area contributed by atoms with Gasteiger partial charge in [-0.05, 0) is 54.2 Å². The predicted octanol–water partition coefficient (Wildman–Crippen LogP) is 0.246. The molecular formula is C10H18BrN5O2S. The maximum Gasteiger partial charge on any atom is 0.260 e. The normalized spacial score (nSPS) is 20.6. The van der Waals surface area contributed by atoms with Gasteiger partial charge in [-0.3, -0.25) is 0 Å². The van der Waals surface area contributed by atoms with Crippen molar-refractivity contribution in [1.29, 1.82) is 0 Å². The van der Waals surface area contributed by atoms with Crippen LogP contribution in [0, 0.1) is 5.92 Å².